The van der Waals surface area contributed by atoms with E-state index in [1.807, 2.05) is 37.3 Å². The van der Waals surface area contributed by atoms with Crippen LogP contribution in [0.15, 0.2) is 42.5 Å². The summed E-state index contributed by atoms with van der Waals surface area (Å²) in [6.45, 7) is 1.85. The third kappa shape index (κ3) is 4.59. The van der Waals surface area contributed by atoms with Gasteiger partial charge in [-0.15, -0.1) is 0 Å². The Balaban J connectivity index is 1.57. The SMILES string of the molecule is Cc1nc(-c2ccc(NC(=O)CCc3ccc(Cl)cc3Cl)cc2)n[nH]1. The van der Waals surface area contributed by atoms with Gasteiger partial charge in [0.25, 0.3) is 0 Å². The first-order chi connectivity index (χ1) is 12.0. The second-order valence-corrected chi connectivity index (χ2v) is 6.45. The summed E-state index contributed by atoms with van der Waals surface area (Å²) in [7, 11) is 0. The van der Waals surface area contributed by atoms with Gasteiger partial charge in [0.1, 0.15) is 5.82 Å². The molecule has 0 radical (unpaired) electrons. The fraction of sp³-hybridized carbons (Fsp3) is 0.167. The van der Waals surface area contributed by atoms with Crippen LogP contribution in [0.3, 0.4) is 0 Å². The van der Waals surface area contributed by atoms with Crippen LogP contribution >= 0.6 is 23.2 Å². The van der Waals surface area contributed by atoms with Crippen LogP contribution in [0.4, 0.5) is 5.69 Å². The van der Waals surface area contributed by atoms with Crippen molar-refractivity contribution in [3.63, 3.8) is 0 Å². The molecule has 7 heteroatoms. The maximum atomic E-state index is 12.1. The fourth-order valence-corrected chi connectivity index (χ4v) is 2.87. The van der Waals surface area contributed by atoms with Gasteiger partial charge in [-0.25, -0.2) is 4.98 Å². The number of amides is 1. The average molecular weight is 375 g/mol. The third-order valence-electron chi connectivity index (χ3n) is 3.66. The first-order valence-corrected chi connectivity index (χ1v) is 8.50. The number of hydrogen-bond acceptors (Lipinski definition) is 3. The number of anilines is 1. The largest absolute Gasteiger partial charge is 0.326 e. The molecule has 0 aliphatic carbocycles. The van der Waals surface area contributed by atoms with Crippen molar-refractivity contribution in [2.24, 2.45) is 0 Å². The zero-order chi connectivity index (χ0) is 17.8. The van der Waals surface area contributed by atoms with Crippen molar-refractivity contribution in [1.29, 1.82) is 0 Å². The first-order valence-electron chi connectivity index (χ1n) is 7.74. The van der Waals surface area contributed by atoms with Crippen molar-refractivity contribution in [1.82, 2.24) is 15.2 Å². The fourth-order valence-electron chi connectivity index (χ4n) is 2.37. The maximum Gasteiger partial charge on any atom is 0.224 e. The Morgan fingerprint density at radius 3 is 2.56 bits per heavy atom. The zero-order valence-corrected chi connectivity index (χ0v) is 15.0. The number of benzene rings is 2. The van der Waals surface area contributed by atoms with Crippen LogP contribution < -0.4 is 5.32 Å². The summed E-state index contributed by atoms with van der Waals surface area (Å²) in [6, 6.07) is 12.7. The summed E-state index contributed by atoms with van der Waals surface area (Å²) in [5.74, 6) is 1.31. The molecule has 128 valence electrons. The molecule has 3 aromatic rings. The molecule has 0 bridgehead atoms. The summed E-state index contributed by atoms with van der Waals surface area (Å²) in [4.78, 5) is 16.4. The number of halogens is 2. The molecule has 0 atom stereocenters. The molecule has 0 saturated carbocycles. The Kier molecular flexibility index (Phi) is 5.36. The van der Waals surface area contributed by atoms with Gasteiger partial charge in [0, 0.05) is 27.7 Å². The minimum absolute atomic E-state index is 0.0764. The van der Waals surface area contributed by atoms with Gasteiger partial charge in [-0.2, -0.15) is 5.10 Å². The van der Waals surface area contributed by atoms with Gasteiger partial charge in [-0.1, -0.05) is 29.3 Å². The molecule has 1 heterocycles. The molecule has 0 unspecified atom stereocenters. The highest BCUT2D eigenvalue weighted by atomic mass is 35.5. The van der Waals surface area contributed by atoms with Gasteiger partial charge >= 0.3 is 0 Å². The first kappa shape index (κ1) is 17.5. The molecule has 5 nitrogen and oxygen atoms in total. The smallest absolute Gasteiger partial charge is 0.224 e. The zero-order valence-electron chi connectivity index (χ0n) is 13.5. The molecule has 2 aromatic carbocycles. The van der Waals surface area contributed by atoms with Crippen LogP contribution in [0.5, 0.6) is 0 Å². The molecule has 0 aliphatic heterocycles. The molecule has 25 heavy (non-hydrogen) atoms. The summed E-state index contributed by atoms with van der Waals surface area (Å²) in [5, 5.41) is 10.9. The van der Waals surface area contributed by atoms with Crippen LogP contribution in [0, 0.1) is 6.92 Å². The lowest BCUT2D eigenvalue weighted by Crippen LogP contribution is -2.12. The van der Waals surface area contributed by atoms with E-state index in [1.165, 1.54) is 0 Å². The van der Waals surface area contributed by atoms with Gasteiger partial charge in [-0.05, 0) is 55.3 Å². The molecule has 0 fully saturated rings. The van der Waals surface area contributed by atoms with Crippen molar-refractivity contribution < 1.29 is 4.79 Å². The number of nitrogens with one attached hydrogen (secondary N) is 2. The Bertz CT molecular complexity index is 890. The van der Waals surface area contributed by atoms with E-state index < -0.39 is 0 Å². The summed E-state index contributed by atoms with van der Waals surface area (Å²) in [5.41, 5.74) is 2.51. The van der Waals surface area contributed by atoms with E-state index in [0.29, 0.717) is 28.7 Å². The Labute approximate surface area is 155 Å². The van der Waals surface area contributed by atoms with Crippen LogP contribution in [0.2, 0.25) is 10.0 Å². The quantitative estimate of drug-likeness (QED) is 0.682. The number of aryl methyl sites for hydroxylation is 2. The highest BCUT2D eigenvalue weighted by Crippen LogP contribution is 2.22. The summed E-state index contributed by atoms with van der Waals surface area (Å²) in [6.07, 6.45) is 0.888. The molecule has 1 aromatic heterocycles. The van der Waals surface area contributed by atoms with Gasteiger partial charge in [-0.3, -0.25) is 9.89 Å². The van der Waals surface area contributed by atoms with E-state index in [0.717, 1.165) is 22.6 Å². The molecular weight excluding hydrogens is 359 g/mol. The standard InChI is InChI=1S/C18H16Cl2N4O/c1-11-21-18(24-23-11)13-3-7-15(8-4-13)22-17(25)9-5-12-2-6-14(19)10-16(12)20/h2-4,6-8,10H,5,9H2,1H3,(H,22,25)(H,21,23,24). The minimum atomic E-state index is -0.0764. The van der Waals surface area contributed by atoms with Crippen molar-refractivity contribution >= 4 is 34.8 Å². The predicted molar refractivity (Wildman–Crippen MR) is 100.0 cm³/mol. The topological polar surface area (TPSA) is 70.7 Å². The highest BCUT2D eigenvalue weighted by Gasteiger charge is 2.08. The van der Waals surface area contributed by atoms with Gasteiger partial charge < -0.3 is 5.32 Å². The van der Waals surface area contributed by atoms with Crippen LogP contribution in [-0.4, -0.2) is 21.1 Å². The molecule has 0 spiro atoms. The van der Waals surface area contributed by atoms with Crippen molar-refractivity contribution in [2.45, 2.75) is 19.8 Å². The lowest BCUT2D eigenvalue weighted by Gasteiger charge is -2.07. The lowest BCUT2D eigenvalue weighted by molar-refractivity contribution is -0.116. The maximum absolute atomic E-state index is 12.1. The minimum Gasteiger partial charge on any atom is -0.326 e. The summed E-state index contributed by atoms with van der Waals surface area (Å²) >= 11 is 12.0. The second kappa shape index (κ2) is 7.68. The monoisotopic (exact) mass is 374 g/mol. The number of aromatic amines is 1. The van der Waals surface area contributed by atoms with E-state index in [4.69, 9.17) is 23.2 Å². The second-order valence-electron chi connectivity index (χ2n) is 5.61. The number of H-pyrrole nitrogens is 1. The number of carbonyl (C=O) groups is 1. The number of carbonyl (C=O) groups excluding carboxylic acids is 1. The average Bonchev–Trinajstić information content (AvgIpc) is 3.01. The molecule has 2 N–H and O–H groups in total. The molecule has 1 amide bonds. The van der Waals surface area contributed by atoms with E-state index in [1.54, 1.807) is 12.1 Å². The number of nitrogens with zero attached hydrogens (tertiary/aromatic N) is 2. The number of aromatic nitrogens is 3. The Morgan fingerprint density at radius 1 is 1.16 bits per heavy atom. The number of hydrogen-bond donors (Lipinski definition) is 2. The predicted octanol–water partition coefficient (Wildman–Crippen LogP) is 4.66. The Hall–Kier alpha value is -2.37. The molecule has 3 rings (SSSR count). The Morgan fingerprint density at radius 2 is 1.92 bits per heavy atom. The lowest BCUT2D eigenvalue weighted by atomic mass is 10.1. The number of rotatable bonds is 5. The van der Waals surface area contributed by atoms with Crippen LogP contribution in [-0.2, 0) is 11.2 Å². The van der Waals surface area contributed by atoms with E-state index in [2.05, 4.69) is 20.5 Å². The van der Waals surface area contributed by atoms with Gasteiger partial charge in [0.15, 0.2) is 5.82 Å². The molecular formula is C18H16Cl2N4O. The van der Waals surface area contributed by atoms with Crippen molar-refractivity contribution in [2.75, 3.05) is 5.32 Å². The van der Waals surface area contributed by atoms with Gasteiger partial charge in [0.05, 0.1) is 0 Å². The van der Waals surface area contributed by atoms with Crippen molar-refractivity contribution in [3.8, 4) is 11.4 Å². The van der Waals surface area contributed by atoms with Crippen LogP contribution in [0.1, 0.15) is 17.8 Å². The molecule has 0 saturated heterocycles. The normalized spacial score (nSPS) is 10.7. The van der Waals surface area contributed by atoms with Crippen LogP contribution in [0.25, 0.3) is 11.4 Å². The summed E-state index contributed by atoms with van der Waals surface area (Å²) < 4.78 is 0. The van der Waals surface area contributed by atoms with E-state index in [-0.39, 0.29) is 5.91 Å². The van der Waals surface area contributed by atoms with E-state index >= 15 is 0 Å². The highest BCUT2D eigenvalue weighted by molar-refractivity contribution is 6.35. The van der Waals surface area contributed by atoms with Gasteiger partial charge in [0.2, 0.25) is 5.91 Å². The molecule has 0 aliphatic rings. The van der Waals surface area contributed by atoms with E-state index in [9.17, 15) is 4.79 Å². The third-order valence-corrected chi connectivity index (χ3v) is 4.25. The van der Waals surface area contributed by atoms with Crippen molar-refractivity contribution in [3.05, 3.63) is 63.9 Å².